The molecule has 0 aliphatic heterocycles. The van der Waals surface area contributed by atoms with Gasteiger partial charge in [-0.1, -0.05) is 18.5 Å². The number of rotatable bonds is 4. The van der Waals surface area contributed by atoms with Gasteiger partial charge in [0, 0.05) is 13.1 Å². The third kappa shape index (κ3) is 2.26. The summed E-state index contributed by atoms with van der Waals surface area (Å²) in [7, 11) is 0. The zero-order valence-corrected chi connectivity index (χ0v) is 9.14. The summed E-state index contributed by atoms with van der Waals surface area (Å²) >= 11 is 5.85. The minimum atomic E-state index is -0.286. The molecule has 1 N–H and O–H groups in total. The summed E-state index contributed by atoms with van der Waals surface area (Å²) < 4.78 is 0. The second-order valence-electron chi connectivity index (χ2n) is 2.95. The Kier molecular flexibility index (Phi) is 3.95. The number of hydrogen-bond acceptors (Lipinski definition) is 3. The van der Waals surface area contributed by atoms with Gasteiger partial charge in [0.05, 0.1) is 6.33 Å². The topological polar surface area (TPSA) is 49.0 Å². The van der Waals surface area contributed by atoms with Crippen molar-refractivity contribution in [1.29, 1.82) is 0 Å². The minimum Gasteiger partial charge on any atom is -0.355 e. The molecule has 0 aliphatic rings. The quantitative estimate of drug-likeness (QED) is 0.831. The van der Waals surface area contributed by atoms with E-state index in [1.807, 2.05) is 11.8 Å². The average Bonchev–Trinajstić information content (AvgIpc) is 2.19. The Morgan fingerprint density at radius 3 is 2.86 bits per heavy atom. The number of nitrogens with zero attached hydrogens (tertiary/aromatic N) is 2. The summed E-state index contributed by atoms with van der Waals surface area (Å²) in [5.74, 6) is 0.569. The molecule has 0 spiro atoms. The fraction of sp³-hybridized carbons (Fsp3) is 0.556. The standard InChI is InChI=1S/C9H14ClN3O/c1-3-5-13(4-2)8-7(10)9(14)12-6-11-8/h6H,3-5H2,1-2H3,(H,11,12,14). The first-order valence-corrected chi connectivity index (χ1v) is 5.06. The Hall–Kier alpha value is -1.03. The minimum absolute atomic E-state index is 0.169. The van der Waals surface area contributed by atoms with Crippen molar-refractivity contribution in [1.82, 2.24) is 9.97 Å². The lowest BCUT2D eigenvalue weighted by Crippen LogP contribution is -2.27. The highest BCUT2D eigenvalue weighted by atomic mass is 35.5. The van der Waals surface area contributed by atoms with Gasteiger partial charge in [-0.25, -0.2) is 4.98 Å². The lowest BCUT2D eigenvalue weighted by Gasteiger charge is -2.21. The fourth-order valence-corrected chi connectivity index (χ4v) is 1.50. The van der Waals surface area contributed by atoms with E-state index < -0.39 is 0 Å². The van der Waals surface area contributed by atoms with Gasteiger partial charge >= 0.3 is 0 Å². The molecule has 0 unspecified atom stereocenters. The van der Waals surface area contributed by atoms with E-state index in [2.05, 4.69) is 16.9 Å². The van der Waals surface area contributed by atoms with Gasteiger partial charge in [0.25, 0.3) is 5.56 Å². The molecule has 0 amide bonds. The first-order chi connectivity index (χ1) is 6.70. The molecule has 1 aromatic heterocycles. The lowest BCUT2D eigenvalue weighted by atomic mass is 10.4. The van der Waals surface area contributed by atoms with Gasteiger partial charge < -0.3 is 9.88 Å². The highest BCUT2D eigenvalue weighted by Gasteiger charge is 2.11. The molecular formula is C9H14ClN3O. The smallest absolute Gasteiger partial charge is 0.271 e. The monoisotopic (exact) mass is 215 g/mol. The van der Waals surface area contributed by atoms with Crippen LogP contribution in [0.15, 0.2) is 11.1 Å². The third-order valence-corrected chi connectivity index (χ3v) is 2.29. The maximum Gasteiger partial charge on any atom is 0.271 e. The van der Waals surface area contributed by atoms with Gasteiger partial charge in [-0.15, -0.1) is 0 Å². The molecule has 0 bridgehead atoms. The number of hydrogen-bond donors (Lipinski definition) is 1. The highest BCUT2D eigenvalue weighted by Crippen LogP contribution is 2.17. The number of halogens is 1. The van der Waals surface area contributed by atoms with E-state index in [0.29, 0.717) is 5.82 Å². The molecule has 4 nitrogen and oxygen atoms in total. The van der Waals surface area contributed by atoms with Crippen LogP contribution >= 0.6 is 11.6 Å². The highest BCUT2D eigenvalue weighted by molar-refractivity contribution is 6.32. The van der Waals surface area contributed by atoms with E-state index in [-0.39, 0.29) is 10.6 Å². The number of H-pyrrole nitrogens is 1. The molecular weight excluding hydrogens is 202 g/mol. The summed E-state index contributed by atoms with van der Waals surface area (Å²) in [6, 6.07) is 0. The molecule has 0 saturated heterocycles. The molecule has 0 atom stereocenters. The van der Waals surface area contributed by atoms with Crippen LogP contribution < -0.4 is 10.5 Å². The van der Waals surface area contributed by atoms with Crippen molar-refractivity contribution in [2.24, 2.45) is 0 Å². The van der Waals surface area contributed by atoms with Crippen molar-refractivity contribution in [3.63, 3.8) is 0 Å². The van der Waals surface area contributed by atoms with Crippen molar-refractivity contribution >= 4 is 17.4 Å². The first kappa shape index (κ1) is 11.0. The van der Waals surface area contributed by atoms with Crippen LogP contribution in [0.4, 0.5) is 5.82 Å². The second kappa shape index (κ2) is 5.00. The van der Waals surface area contributed by atoms with Gasteiger partial charge in [0.15, 0.2) is 5.82 Å². The van der Waals surface area contributed by atoms with E-state index in [4.69, 9.17) is 11.6 Å². The average molecular weight is 216 g/mol. The van der Waals surface area contributed by atoms with Crippen LogP contribution in [0.3, 0.4) is 0 Å². The molecule has 14 heavy (non-hydrogen) atoms. The summed E-state index contributed by atoms with van der Waals surface area (Å²) in [4.78, 5) is 19.7. The number of aromatic amines is 1. The Balaban J connectivity index is 3.03. The van der Waals surface area contributed by atoms with E-state index in [1.54, 1.807) is 0 Å². The molecule has 0 fully saturated rings. The van der Waals surface area contributed by atoms with Crippen LogP contribution in [0.2, 0.25) is 5.02 Å². The van der Waals surface area contributed by atoms with Gasteiger partial charge in [-0.05, 0) is 13.3 Å². The maximum atomic E-state index is 11.2. The Labute approximate surface area is 87.9 Å². The Bertz CT molecular complexity index is 350. The SMILES string of the molecule is CCCN(CC)c1nc[nH]c(=O)c1Cl. The zero-order valence-electron chi connectivity index (χ0n) is 8.38. The third-order valence-electron chi connectivity index (χ3n) is 1.95. The Morgan fingerprint density at radius 2 is 2.29 bits per heavy atom. The van der Waals surface area contributed by atoms with E-state index in [1.165, 1.54) is 6.33 Å². The number of aromatic nitrogens is 2. The van der Waals surface area contributed by atoms with Crippen molar-refractivity contribution in [2.75, 3.05) is 18.0 Å². The molecule has 0 saturated carbocycles. The van der Waals surface area contributed by atoms with Crippen molar-refractivity contribution in [3.05, 3.63) is 21.7 Å². The van der Waals surface area contributed by atoms with E-state index in [0.717, 1.165) is 19.5 Å². The van der Waals surface area contributed by atoms with Crippen LogP contribution in [0.5, 0.6) is 0 Å². The predicted octanol–water partition coefficient (Wildman–Crippen LogP) is 1.66. The molecule has 1 aromatic rings. The number of anilines is 1. The first-order valence-electron chi connectivity index (χ1n) is 4.68. The van der Waals surface area contributed by atoms with Crippen molar-refractivity contribution in [2.45, 2.75) is 20.3 Å². The molecule has 1 rings (SSSR count). The molecule has 0 radical (unpaired) electrons. The van der Waals surface area contributed by atoms with Gasteiger partial charge in [-0.3, -0.25) is 4.79 Å². The van der Waals surface area contributed by atoms with Gasteiger partial charge in [0.1, 0.15) is 5.02 Å². The molecule has 0 aromatic carbocycles. The van der Waals surface area contributed by atoms with E-state index in [9.17, 15) is 4.79 Å². The van der Waals surface area contributed by atoms with Crippen LogP contribution in [-0.2, 0) is 0 Å². The fourth-order valence-electron chi connectivity index (χ4n) is 1.28. The zero-order chi connectivity index (χ0) is 10.6. The molecule has 5 heteroatoms. The van der Waals surface area contributed by atoms with Gasteiger partial charge in [0.2, 0.25) is 0 Å². The largest absolute Gasteiger partial charge is 0.355 e. The number of nitrogens with one attached hydrogen (secondary N) is 1. The van der Waals surface area contributed by atoms with Gasteiger partial charge in [-0.2, -0.15) is 0 Å². The molecule has 78 valence electrons. The second-order valence-corrected chi connectivity index (χ2v) is 3.33. The van der Waals surface area contributed by atoms with Crippen molar-refractivity contribution < 1.29 is 0 Å². The normalized spacial score (nSPS) is 10.2. The van der Waals surface area contributed by atoms with E-state index >= 15 is 0 Å². The van der Waals surface area contributed by atoms with Crippen LogP contribution in [-0.4, -0.2) is 23.1 Å². The Morgan fingerprint density at radius 1 is 1.57 bits per heavy atom. The summed E-state index contributed by atoms with van der Waals surface area (Å²) in [5, 5.41) is 0.169. The van der Waals surface area contributed by atoms with Crippen LogP contribution in [0.25, 0.3) is 0 Å². The molecule has 0 aliphatic carbocycles. The van der Waals surface area contributed by atoms with Crippen LogP contribution in [0.1, 0.15) is 20.3 Å². The summed E-state index contributed by atoms with van der Waals surface area (Å²) in [6.45, 7) is 5.73. The summed E-state index contributed by atoms with van der Waals surface area (Å²) in [6.07, 6.45) is 2.38. The molecule has 1 heterocycles. The van der Waals surface area contributed by atoms with Crippen LogP contribution in [0, 0.1) is 0 Å². The summed E-state index contributed by atoms with van der Waals surface area (Å²) in [5.41, 5.74) is -0.286. The lowest BCUT2D eigenvalue weighted by molar-refractivity contribution is 0.775. The van der Waals surface area contributed by atoms with Crippen molar-refractivity contribution in [3.8, 4) is 0 Å². The maximum absolute atomic E-state index is 11.2. The predicted molar refractivity (Wildman–Crippen MR) is 58.0 cm³/mol.